The first kappa shape index (κ1) is 13.0. The molecule has 0 aliphatic carbocycles. The van der Waals surface area contributed by atoms with Crippen molar-refractivity contribution in [1.82, 2.24) is 14.8 Å². The minimum Gasteiger partial charge on any atom is -0.343 e. The van der Waals surface area contributed by atoms with Crippen LogP contribution in [0.15, 0.2) is 12.1 Å². The molecule has 1 amide bonds. The Morgan fingerprint density at radius 2 is 2.11 bits per heavy atom. The molecule has 1 aromatic rings. The van der Waals surface area contributed by atoms with Crippen molar-refractivity contribution in [3.05, 3.63) is 29.1 Å². The Morgan fingerprint density at radius 1 is 1.44 bits per heavy atom. The summed E-state index contributed by atoms with van der Waals surface area (Å²) < 4.78 is 0. The van der Waals surface area contributed by atoms with Gasteiger partial charge in [0.1, 0.15) is 5.69 Å². The molecule has 1 aromatic heterocycles. The molecule has 4 nitrogen and oxygen atoms in total. The largest absolute Gasteiger partial charge is 0.343 e. The molecule has 2 heterocycles. The average Bonchev–Trinajstić information content (AvgIpc) is 2.25. The van der Waals surface area contributed by atoms with Crippen LogP contribution in [0.25, 0.3) is 0 Å². The Morgan fingerprint density at radius 3 is 2.67 bits per heavy atom. The van der Waals surface area contributed by atoms with E-state index in [0.29, 0.717) is 5.69 Å². The molecule has 0 bridgehead atoms. The zero-order valence-corrected chi connectivity index (χ0v) is 11.6. The summed E-state index contributed by atoms with van der Waals surface area (Å²) in [5, 5.41) is 0. The van der Waals surface area contributed by atoms with Crippen molar-refractivity contribution in [2.45, 2.75) is 20.4 Å². The van der Waals surface area contributed by atoms with Crippen molar-refractivity contribution in [2.24, 2.45) is 5.92 Å². The van der Waals surface area contributed by atoms with E-state index < -0.39 is 0 Å². The summed E-state index contributed by atoms with van der Waals surface area (Å²) in [4.78, 5) is 20.3. The van der Waals surface area contributed by atoms with Crippen molar-refractivity contribution in [3.8, 4) is 0 Å². The van der Waals surface area contributed by atoms with Gasteiger partial charge in [-0.1, -0.05) is 6.92 Å². The fourth-order valence-electron chi connectivity index (χ4n) is 2.35. The fourth-order valence-corrected chi connectivity index (χ4v) is 2.35. The topological polar surface area (TPSA) is 36.4 Å². The molecular formula is C14H21N3O. The molecule has 1 saturated heterocycles. The normalized spacial score (nSPS) is 16.4. The minimum absolute atomic E-state index is 0.0306. The minimum atomic E-state index is -0.0306. The lowest BCUT2D eigenvalue weighted by atomic mass is 10.0. The Hall–Kier alpha value is -1.42. The van der Waals surface area contributed by atoms with Gasteiger partial charge in [-0.05, 0) is 30.5 Å². The molecule has 0 N–H and O–H groups in total. The van der Waals surface area contributed by atoms with Gasteiger partial charge in [0.05, 0.1) is 5.69 Å². The quantitative estimate of drug-likeness (QED) is 0.813. The van der Waals surface area contributed by atoms with Crippen LogP contribution in [0.1, 0.15) is 28.7 Å². The molecule has 1 fully saturated rings. The molecule has 1 aliphatic rings. The second-order valence-corrected chi connectivity index (χ2v) is 5.52. The number of amides is 1. The van der Waals surface area contributed by atoms with Crippen molar-refractivity contribution in [1.29, 1.82) is 0 Å². The maximum atomic E-state index is 11.9. The summed E-state index contributed by atoms with van der Waals surface area (Å²) in [6.45, 7) is 7.37. The smallest absolute Gasteiger partial charge is 0.271 e. The fraction of sp³-hybridized carbons (Fsp3) is 0.571. The van der Waals surface area contributed by atoms with Gasteiger partial charge in [0.25, 0.3) is 5.91 Å². The van der Waals surface area contributed by atoms with E-state index in [2.05, 4.69) is 22.9 Å². The highest BCUT2D eigenvalue weighted by Crippen LogP contribution is 2.17. The molecule has 18 heavy (non-hydrogen) atoms. The monoisotopic (exact) mass is 247 g/mol. The van der Waals surface area contributed by atoms with Crippen LogP contribution in [-0.2, 0) is 6.54 Å². The first-order valence-corrected chi connectivity index (χ1v) is 6.37. The summed E-state index contributed by atoms with van der Waals surface area (Å²) in [5.41, 5.74) is 2.63. The lowest BCUT2D eigenvalue weighted by Crippen LogP contribution is -2.44. The van der Waals surface area contributed by atoms with Crippen LogP contribution in [0.2, 0.25) is 0 Å². The third-order valence-corrected chi connectivity index (χ3v) is 3.17. The lowest BCUT2D eigenvalue weighted by Gasteiger charge is -2.36. The van der Waals surface area contributed by atoms with Crippen molar-refractivity contribution < 1.29 is 4.79 Å². The number of hydrogen-bond acceptors (Lipinski definition) is 3. The van der Waals surface area contributed by atoms with Crippen LogP contribution in [0, 0.1) is 12.8 Å². The lowest BCUT2D eigenvalue weighted by molar-refractivity contribution is 0.0819. The van der Waals surface area contributed by atoms with Gasteiger partial charge >= 0.3 is 0 Å². The molecule has 0 atom stereocenters. The predicted molar refractivity (Wildman–Crippen MR) is 71.4 cm³/mol. The van der Waals surface area contributed by atoms with E-state index in [1.807, 2.05) is 13.0 Å². The second kappa shape index (κ2) is 5.06. The molecule has 0 radical (unpaired) electrons. The van der Waals surface area contributed by atoms with Crippen LogP contribution in [0.4, 0.5) is 0 Å². The van der Waals surface area contributed by atoms with Crippen molar-refractivity contribution in [2.75, 3.05) is 27.2 Å². The summed E-state index contributed by atoms with van der Waals surface area (Å²) >= 11 is 0. The van der Waals surface area contributed by atoms with E-state index in [9.17, 15) is 4.79 Å². The van der Waals surface area contributed by atoms with Crippen LogP contribution >= 0.6 is 0 Å². The molecular weight excluding hydrogens is 226 g/mol. The number of aromatic nitrogens is 1. The van der Waals surface area contributed by atoms with Gasteiger partial charge in [-0.3, -0.25) is 9.69 Å². The highest BCUT2D eigenvalue weighted by molar-refractivity contribution is 5.92. The van der Waals surface area contributed by atoms with Crippen LogP contribution in [0.5, 0.6) is 0 Å². The summed E-state index contributed by atoms with van der Waals surface area (Å²) in [7, 11) is 3.51. The van der Waals surface area contributed by atoms with E-state index in [0.717, 1.165) is 36.8 Å². The van der Waals surface area contributed by atoms with Gasteiger partial charge in [-0.2, -0.15) is 0 Å². The summed E-state index contributed by atoms with van der Waals surface area (Å²) in [6.07, 6.45) is 0. The molecule has 0 saturated carbocycles. The Kier molecular flexibility index (Phi) is 3.66. The standard InChI is InChI=1S/C14H21N3O/c1-10-5-12(9-17-7-11(2)8-17)15-13(6-10)14(18)16(3)4/h5-6,11H,7-9H2,1-4H3. The van der Waals surface area contributed by atoms with Gasteiger partial charge in [-0.15, -0.1) is 0 Å². The zero-order valence-electron chi connectivity index (χ0n) is 11.6. The first-order valence-electron chi connectivity index (χ1n) is 6.37. The van der Waals surface area contributed by atoms with Gasteiger partial charge in [-0.25, -0.2) is 4.98 Å². The number of carbonyl (C=O) groups excluding carboxylic acids is 1. The summed E-state index contributed by atoms with van der Waals surface area (Å²) in [5.74, 6) is 0.759. The number of likely N-dealkylation sites (tertiary alicyclic amines) is 1. The third kappa shape index (κ3) is 2.88. The molecule has 2 rings (SSSR count). The third-order valence-electron chi connectivity index (χ3n) is 3.17. The Balaban J connectivity index is 2.13. The highest BCUT2D eigenvalue weighted by Gasteiger charge is 2.23. The highest BCUT2D eigenvalue weighted by atomic mass is 16.2. The number of hydrogen-bond donors (Lipinski definition) is 0. The molecule has 0 unspecified atom stereocenters. The number of carbonyl (C=O) groups is 1. The molecule has 98 valence electrons. The molecule has 0 aromatic carbocycles. The predicted octanol–water partition coefficient (Wildman–Crippen LogP) is 1.54. The maximum absolute atomic E-state index is 11.9. The number of nitrogens with zero attached hydrogens (tertiary/aromatic N) is 3. The van der Waals surface area contributed by atoms with Gasteiger partial charge < -0.3 is 4.90 Å². The van der Waals surface area contributed by atoms with E-state index in [4.69, 9.17) is 0 Å². The van der Waals surface area contributed by atoms with Crippen LogP contribution < -0.4 is 0 Å². The van der Waals surface area contributed by atoms with Gasteiger partial charge in [0, 0.05) is 33.7 Å². The SMILES string of the molecule is Cc1cc(CN2CC(C)C2)nc(C(=O)N(C)C)c1. The van der Waals surface area contributed by atoms with E-state index in [1.165, 1.54) is 0 Å². The molecule has 1 aliphatic heterocycles. The molecule has 0 spiro atoms. The zero-order chi connectivity index (χ0) is 13.3. The van der Waals surface area contributed by atoms with Gasteiger partial charge in [0.15, 0.2) is 0 Å². The Labute approximate surface area is 109 Å². The maximum Gasteiger partial charge on any atom is 0.271 e. The van der Waals surface area contributed by atoms with E-state index in [1.54, 1.807) is 19.0 Å². The molecule has 4 heteroatoms. The number of pyridine rings is 1. The number of rotatable bonds is 3. The van der Waals surface area contributed by atoms with Crippen molar-refractivity contribution >= 4 is 5.91 Å². The Bertz CT molecular complexity index is 450. The summed E-state index contributed by atoms with van der Waals surface area (Å²) in [6, 6.07) is 3.92. The van der Waals surface area contributed by atoms with E-state index >= 15 is 0 Å². The van der Waals surface area contributed by atoms with E-state index in [-0.39, 0.29) is 5.91 Å². The van der Waals surface area contributed by atoms with Crippen LogP contribution in [0.3, 0.4) is 0 Å². The van der Waals surface area contributed by atoms with Gasteiger partial charge in [0.2, 0.25) is 0 Å². The first-order chi connectivity index (χ1) is 8.45. The second-order valence-electron chi connectivity index (χ2n) is 5.52. The van der Waals surface area contributed by atoms with Crippen LogP contribution in [-0.4, -0.2) is 47.9 Å². The average molecular weight is 247 g/mol. The van der Waals surface area contributed by atoms with Crippen molar-refractivity contribution in [3.63, 3.8) is 0 Å². The number of aryl methyl sites for hydroxylation is 1.